The van der Waals surface area contributed by atoms with Crippen molar-refractivity contribution in [3.05, 3.63) is 69.8 Å². The van der Waals surface area contributed by atoms with E-state index in [2.05, 4.69) is 0 Å². The molecule has 7 heteroatoms. The molecule has 0 unspecified atom stereocenters. The molecule has 0 saturated heterocycles. The van der Waals surface area contributed by atoms with Gasteiger partial charge in [-0.05, 0) is 65.1 Å². The van der Waals surface area contributed by atoms with Gasteiger partial charge in [-0.25, -0.2) is 8.42 Å². The number of rotatable bonds is 5. The van der Waals surface area contributed by atoms with Gasteiger partial charge in [0, 0.05) is 6.26 Å². The Hall–Kier alpha value is -1.86. The summed E-state index contributed by atoms with van der Waals surface area (Å²) in [6, 6.07) is 9.42. The standard InChI is InChI=1S/C20H21F3O3S/c1-27(25,26)12-16-7-17-3-2-13(6-18(17)8-16)4-14-5-15(11-24)10-19(9-14)20(21,22)23/h2-3,5-6,9-10,16,24H,4,7-8,11-12H2,1H3/t16-/m0/s1. The number of hydrogen-bond donors (Lipinski definition) is 1. The van der Waals surface area contributed by atoms with Crippen LogP contribution in [0.1, 0.15) is 33.4 Å². The molecule has 0 radical (unpaired) electrons. The minimum absolute atomic E-state index is 0.0554. The van der Waals surface area contributed by atoms with Crippen molar-refractivity contribution >= 4 is 9.84 Å². The van der Waals surface area contributed by atoms with E-state index in [1.54, 1.807) is 6.07 Å². The summed E-state index contributed by atoms with van der Waals surface area (Å²) < 4.78 is 62.2. The molecule has 1 aliphatic rings. The van der Waals surface area contributed by atoms with Crippen LogP contribution in [-0.4, -0.2) is 25.5 Å². The normalized spacial score (nSPS) is 17.1. The summed E-state index contributed by atoms with van der Waals surface area (Å²) in [6.07, 6.45) is -1.53. The molecule has 2 aromatic rings. The molecule has 0 amide bonds. The number of fused-ring (bicyclic) bond motifs is 1. The van der Waals surface area contributed by atoms with Crippen molar-refractivity contribution in [2.45, 2.75) is 32.0 Å². The number of hydrogen-bond acceptors (Lipinski definition) is 3. The molecule has 2 aromatic carbocycles. The van der Waals surface area contributed by atoms with Gasteiger partial charge in [0.1, 0.15) is 9.84 Å². The number of benzene rings is 2. The predicted molar refractivity (Wildman–Crippen MR) is 97.2 cm³/mol. The van der Waals surface area contributed by atoms with Crippen LogP contribution in [-0.2, 0) is 41.9 Å². The van der Waals surface area contributed by atoms with Crippen LogP contribution >= 0.6 is 0 Å². The summed E-state index contributed by atoms with van der Waals surface area (Å²) in [5.74, 6) is 0.199. The first-order valence-corrected chi connectivity index (χ1v) is 10.7. The third kappa shape index (κ3) is 5.11. The van der Waals surface area contributed by atoms with Crippen LogP contribution in [0.3, 0.4) is 0 Å². The Morgan fingerprint density at radius 1 is 1.00 bits per heavy atom. The highest BCUT2D eigenvalue weighted by Crippen LogP contribution is 2.32. The van der Waals surface area contributed by atoms with Gasteiger partial charge < -0.3 is 5.11 Å². The lowest BCUT2D eigenvalue weighted by Crippen LogP contribution is -2.14. The van der Waals surface area contributed by atoms with Crippen LogP contribution in [0.2, 0.25) is 0 Å². The smallest absolute Gasteiger partial charge is 0.392 e. The summed E-state index contributed by atoms with van der Waals surface area (Å²) in [7, 11) is -3.04. The first-order chi connectivity index (χ1) is 12.5. The minimum atomic E-state index is -4.46. The minimum Gasteiger partial charge on any atom is -0.392 e. The van der Waals surface area contributed by atoms with Gasteiger partial charge in [0.15, 0.2) is 0 Å². The number of sulfone groups is 1. The Morgan fingerprint density at radius 2 is 1.67 bits per heavy atom. The number of alkyl halides is 3. The van der Waals surface area contributed by atoms with Gasteiger partial charge in [-0.3, -0.25) is 0 Å². The molecule has 0 spiro atoms. The topological polar surface area (TPSA) is 54.4 Å². The van der Waals surface area contributed by atoms with Crippen LogP contribution in [0.5, 0.6) is 0 Å². The molecular formula is C20H21F3O3S. The molecule has 3 rings (SSSR count). The van der Waals surface area contributed by atoms with Crippen molar-refractivity contribution in [1.82, 2.24) is 0 Å². The SMILES string of the molecule is CS(=O)(=O)C[C@H]1Cc2ccc(Cc3cc(CO)cc(C(F)(F)F)c3)cc2C1. The highest BCUT2D eigenvalue weighted by Gasteiger charge is 2.31. The predicted octanol–water partition coefficient (Wildman–Crippen LogP) is 3.55. The average molecular weight is 398 g/mol. The number of aliphatic hydroxyl groups excluding tert-OH is 1. The van der Waals surface area contributed by atoms with Crippen molar-refractivity contribution < 1.29 is 26.7 Å². The van der Waals surface area contributed by atoms with E-state index in [0.717, 1.165) is 28.8 Å². The van der Waals surface area contributed by atoms with E-state index in [0.29, 0.717) is 24.8 Å². The molecule has 0 aromatic heterocycles. The molecule has 0 fully saturated rings. The molecule has 0 heterocycles. The molecular weight excluding hydrogens is 377 g/mol. The second-order valence-electron chi connectivity index (χ2n) is 7.34. The van der Waals surface area contributed by atoms with E-state index in [4.69, 9.17) is 0 Å². The first-order valence-electron chi connectivity index (χ1n) is 8.63. The van der Waals surface area contributed by atoms with Gasteiger partial charge >= 0.3 is 6.18 Å². The molecule has 1 N–H and O–H groups in total. The Bertz CT molecular complexity index is 949. The maximum Gasteiger partial charge on any atom is 0.416 e. The Morgan fingerprint density at radius 3 is 2.30 bits per heavy atom. The molecule has 1 aliphatic carbocycles. The Kier molecular flexibility index (Phi) is 5.36. The first kappa shape index (κ1) is 19.9. The quantitative estimate of drug-likeness (QED) is 0.838. The fraction of sp³-hybridized carbons (Fsp3) is 0.400. The largest absolute Gasteiger partial charge is 0.416 e. The third-order valence-electron chi connectivity index (χ3n) is 4.80. The van der Waals surface area contributed by atoms with Gasteiger partial charge in [0.05, 0.1) is 17.9 Å². The second kappa shape index (κ2) is 7.28. The zero-order valence-corrected chi connectivity index (χ0v) is 15.7. The molecule has 1 atom stereocenters. The van der Waals surface area contributed by atoms with Gasteiger partial charge in [-0.2, -0.15) is 13.2 Å². The maximum atomic E-state index is 13.1. The summed E-state index contributed by atoms with van der Waals surface area (Å²) in [5.41, 5.74) is 2.99. The van der Waals surface area contributed by atoms with Crippen LogP contribution in [0.15, 0.2) is 36.4 Å². The highest BCUT2D eigenvalue weighted by molar-refractivity contribution is 7.90. The van der Waals surface area contributed by atoms with E-state index < -0.39 is 28.2 Å². The van der Waals surface area contributed by atoms with Crippen molar-refractivity contribution in [1.29, 1.82) is 0 Å². The molecule has 0 bridgehead atoms. The van der Waals surface area contributed by atoms with Crippen LogP contribution in [0.4, 0.5) is 13.2 Å². The fourth-order valence-electron chi connectivity index (χ4n) is 3.77. The van der Waals surface area contributed by atoms with Crippen molar-refractivity contribution in [3.63, 3.8) is 0 Å². The second-order valence-corrected chi connectivity index (χ2v) is 9.53. The van der Waals surface area contributed by atoms with Crippen molar-refractivity contribution in [2.75, 3.05) is 12.0 Å². The van der Waals surface area contributed by atoms with E-state index >= 15 is 0 Å². The lowest BCUT2D eigenvalue weighted by Gasteiger charge is -2.12. The maximum absolute atomic E-state index is 13.1. The van der Waals surface area contributed by atoms with E-state index in [9.17, 15) is 26.7 Å². The average Bonchev–Trinajstić information content (AvgIpc) is 2.93. The van der Waals surface area contributed by atoms with Crippen LogP contribution < -0.4 is 0 Å². The lowest BCUT2D eigenvalue weighted by molar-refractivity contribution is -0.137. The van der Waals surface area contributed by atoms with Gasteiger partial charge in [-0.1, -0.05) is 24.3 Å². The zero-order valence-electron chi connectivity index (χ0n) is 14.9. The monoisotopic (exact) mass is 398 g/mol. The molecule has 3 nitrogen and oxygen atoms in total. The fourth-order valence-corrected chi connectivity index (χ4v) is 4.87. The summed E-state index contributed by atoms with van der Waals surface area (Å²) in [5, 5.41) is 9.25. The Labute approximate surface area is 156 Å². The van der Waals surface area contributed by atoms with Gasteiger partial charge in [0.25, 0.3) is 0 Å². The molecule has 0 aliphatic heterocycles. The van der Waals surface area contributed by atoms with Gasteiger partial charge in [-0.15, -0.1) is 0 Å². The zero-order chi connectivity index (χ0) is 19.8. The summed E-state index contributed by atoms with van der Waals surface area (Å²) in [6.45, 7) is -0.450. The van der Waals surface area contributed by atoms with Crippen molar-refractivity contribution in [3.8, 4) is 0 Å². The van der Waals surface area contributed by atoms with Crippen molar-refractivity contribution in [2.24, 2.45) is 5.92 Å². The Balaban J connectivity index is 1.82. The summed E-state index contributed by atoms with van der Waals surface area (Å²) in [4.78, 5) is 0. The third-order valence-corrected chi connectivity index (χ3v) is 5.87. The van der Waals surface area contributed by atoms with Crippen LogP contribution in [0, 0.1) is 5.92 Å². The van der Waals surface area contributed by atoms with Gasteiger partial charge in [0.2, 0.25) is 0 Å². The number of halogens is 3. The van der Waals surface area contributed by atoms with E-state index in [-0.39, 0.29) is 17.2 Å². The molecule has 27 heavy (non-hydrogen) atoms. The lowest BCUT2D eigenvalue weighted by atomic mass is 9.97. The highest BCUT2D eigenvalue weighted by atomic mass is 32.2. The van der Waals surface area contributed by atoms with E-state index in [1.165, 1.54) is 6.26 Å². The molecule has 0 saturated carbocycles. The molecule has 146 valence electrons. The van der Waals surface area contributed by atoms with Crippen LogP contribution in [0.25, 0.3) is 0 Å². The number of aliphatic hydroxyl groups is 1. The van der Waals surface area contributed by atoms with E-state index in [1.807, 2.05) is 18.2 Å². The summed E-state index contributed by atoms with van der Waals surface area (Å²) >= 11 is 0.